The van der Waals surface area contributed by atoms with Crippen LogP contribution in [0.4, 0.5) is 4.79 Å². The van der Waals surface area contributed by atoms with Crippen LogP contribution in [-0.4, -0.2) is 53.5 Å². The first-order valence-corrected chi connectivity index (χ1v) is 5.78. The molecule has 1 heterocycles. The monoisotopic (exact) mass is 227 g/mol. The zero-order valence-corrected chi connectivity index (χ0v) is 10.5. The van der Waals surface area contributed by atoms with Gasteiger partial charge in [-0.05, 0) is 26.9 Å². The number of hydrogen-bond acceptors (Lipinski definition) is 3. The minimum atomic E-state index is -0.750. The van der Waals surface area contributed by atoms with Crippen LogP contribution in [0.25, 0.3) is 0 Å². The summed E-state index contributed by atoms with van der Waals surface area (Å²) in [6, 6.07) is -0.276. The van der Waals surface area contributed by atoms with Crippen LogP contribution in [0.3, 0.4) is 0 Å². The average Bonchev–Trinajstić information content (AvgIpc) is 2.40. The van der Waals surface area contributed by atoms with E-state index in [9.17, 15) is 9.59 Å². The SMILES string of the molecule is CCN(CC)CCN1C(=O)NC(C)(C)C1=O. The van der Waals surface area contributed by atoms with Gasteiger partial charge in [0.25, 0.3) is 5.91 Å². The molecule has 92 valence electrons. The largest absolute Gasteiger partial charge is 0.325 e. The molecule has 0 unspecified atom stereocenters. The lowest BCUT2D eigenvalue weighted by Crippen LogP contribution is -2.41. The first-order valence-electron chi connectivity index (χ1n) is 5.78. The molecule has 1 N–H and O–H groups in total. The van der Waals surface area contributed by atoms with Crippen molar-refractivity contribution in [2.24, 2.45) is 0 Å². The molecule has 0 saturated carbocycles. The molecule has 5 nitrogen and oxygen atoms in total. The number of carbonyl (C=O) groups excluding carboxylic acids is 2. The van der Waals surface area contributed by atoms with Crippen LogP contribution in [0.2, 0.25) is 0 Å². The maximum absolute atomic E-state index is 11.9. The summed E-state index contributed by atoms with van der Waals surface area (Å²) >= 11 is 0. The Bertz CT molecular complexity index is 285. The highest BCUT2D eigenvalue weighted by atomic mass is 16.2. The van der Waals surface area contributed by atoms with Gasteiger partial charge in [-0.1, -0.05) is 13.8 Å². The molecule has 5 heteroatoms. The molecule has 0 aliphatic carbocycles. The van der Waals surface area contributed by atoms with Crippen molar-refractivity contribution in [3.8, 4) is 0 Å². The van der Waals surface area contributed by atoms with Gasteiger partial charge >= 0.3 is 6.03 Å². The van der Waals surface area contributed by atoms with Crippen molar-refractivity contribution in [1.82, 2.24) is 15.1 Å². The second-order valence-corrected chi connectivity index (χ2v) is 4.54. The van der Waals surface area contributed by atoms with Crippen molar-refractivity contribution in [3.05, 3.63) is 0 Å². The predicted molar refractivity (Wildman–Crippen MR) is 62.1 cm³/mol. The molecule has 0 bridgehead atoms. The molecule has 3 amide bonds. The summed E-state index contributed by atoms with van der Waals surface area (Å²) in [6.07, 6.45) is 0. The number of rotatable bonds is 5. The lowest BCUT2D eigenvalue weighted by molar-refractivity contribution is -0.130. The third-order valence-corrected chi connectivity index (χ3v) is 2.98. The van der Waals surface area contributed by atoms with E-state index in [1.807, 2.05) is 0 Å². The van der Waals surface area contributed by atoms with Gasteiger partial charge in [-0.15, -0.1) is 0 Å². The Hall–Kier alpha value is -1.10. The van der Waals surface area contributed by atoms with E-state index >= 15 is 0 Å². The Morgan fingerprint density at radius 3 is 2.19 bits per heavy atom. The van der Waals surface area contributed by atoms with Gasteiger partial charge in [-0.3, -0.25) is 9.69 Å². The standard InChI is InChI=1S/C11H21N3O2/c1-5-13(6-2)7-8-14-9(15)11(3,4)12-10(14)16/h5-8H2,1-4H3,(H,12,16). The zero-order valence-electron chi connectivity index (χ0n) is 10.5. The number of hydrogen-bond donors (Lipinski definition) is 1. The van der Waals surface area contributed by atoms with E-state index in [1.54, 1.807) is 13.8 Å². The molecule has 0 radical (unpaired) electrons. The molecule has 0 spiro atoms. The van der Waals surface area contributed by atoms with Gasteiger partial charge < -0.3 is 10.2 Å². The lowest BCUT2D eigenvalue weighted by Gasteiger charge is -2.21. The van der Waals surface area contributed by atoms with Crippen LogP contribution < -0.4 is 5.32 Å². The lowest BCUT2D eigenvalue weighted by atomic mass is 10.1. The summed E-state index contributed by atoms with van der Waals surface area (Å²) in [6.45, 7) is 10.7. The van der Waals surface area contributed by atoms with Crippen molar-refractivity contribution in [1.29, 1.82) is 0 Å². The number of carbonyl (C=O) groups is 2. The Kier molecular flexibility index (Phi) is 3.91. The molecular weight excluding hydrogens is 206 g/mol. The Labute approximate surface area is 96.8 Å². The number of nitrogens with zero attached hydrogens (tertiary/aromatic N) is 2. The van der Waals surface area contributed by atoms with Gasteiger partial charge in [0.1, 0.15) is 5.54 Å². The van der Waals surface area contributed by atoms with Gasteiger partial charge in [0.15, 0.2) is 0 Å². The van der Waals surface area contributed by atoms with E-state index in [1.165, 1.54) is 4.90 Å². The second kappa shape index (κ2) is 4.82. The molecule has 16 heavy (non-hydrogen) atoms. The van der Waals surface area contributed by atoms with Gasteiger partial charge in [0.2, 0.25) is 0 Å². The summed E-state index contributed by atoms with van der Waals surface area (Å²) in [5.74, 6) is -0.135. The normalized spacial score (nSPS) is 19.4. The summed E-state index contributed by atoms with van der Waals surface area (Å²) in [4.78, 5) is 26.9. The molecule has 1 aliphatic heterocycles. The van der Waals surface area contributed by atoms with Crippen molar-refractivity contribution in [2.45, 2.75) is 33.2 Å². The van der Waals surface area contributed by atoms with Crippen molar-refractivity contribution in [3.63, 3.8) is 0 Å². The van der Waals surface area contributed by atoms with Gasteiger partial charge in [-0.2, -0.15) is 0 Å². The molecule has 1 aliphatic rings. The molecule has 0 atom stereocenters. The fraction of sp³-hybridized carbons (Fsp3) is 0.818. The van der Waals surface area contributed by atoms with Crippen molar-refractivity contribution in [2.75, 3.05) is 26.2 Å². The highest BCUT2D eigenvalue weighted by Gasteiger charge is 2.43. The number of amides is 3. The topological polar surface area (TPSA) is 52.6 Å². The first kappa shape index (κ1) is 13.0. The van der Waals surface area contributed by atoms with E-state index in [0.717, 1.165) is 19.6 Å². The molecule has 0 aromatic heterocycles. The third-order valence-electron chi connectivity index (χ3n) is 2.98. The minimum absolute atomic E-state index is 0.135. The summed E-state index contributed by atoms with van der Waals surface area (Å²) in [5.41, 5.74) is -0.750. The number of likely N-dealkylation sites (N-methyl/N-ethyl adjacent to an activating group) is 1. The maximum Gasteiger partial charge on any atom is 0.325 e. The van der Waals surface area contributed by atoms with E-state index in [0.29, 0.717) is 6.54 Å². The molecule has 1 rings (SSSR count). The molecular formula is C11H21N3O2. The highest BCUT2D eigenvalue weighted by Crippen LogP contribution is 2.16. The molecule has 1 fully saturated rings. The fourth-order valence-electron chi connectivity index (χ4n) is 1.80. The Balaban J connectivity index is 2.55. The predicted octanol–water partition coefficient (Wildman–Crippen LogP) is 0.659. The van der Waals surface area contributed by atoms with Crippen LogP contribution in [0.5, 0.6) is 0 Å². The first-order chi connectivity index (χ1) is 7.42. The van der Waals surface area contributed by atoms with Gasteiger partial charge in [0, 0.05) is 13.1 Å². The van der Waals surface area contributed by atoms with E-state index in [2.05, 4.69) is 24.1 Å². The number of nitrogens with one attached hydrogen (secondary N) is 1. The average molecular weight is 227 g/mol. The van der Waals surface area contributed by atoms with Crippen LogP contribution in [0, 0.1) is 0 Å². The van der Waals surface area contributed by atoms with Gasteiger partial charge in [-0.25, -0.2) is 4.79 Å². The summed E-state index contributed by atoms with van der Waals surface area (Å²) in [7, 11) is 0. The Morgan fingerprint density at radius 2 is 1.81 bits per heavy atom. The molecule has 0 aromatic carbocycles. The van der Waals surface area contributed by atoms with E-state index in [-0.39, 0.29) is 11.9 Å². The molecule has 0 aromatic rings. The maximum atomic E-state index is 11.9. The Morgan fingerprint density at radius 1 is 1.25 bits per heavy atom. The van der Waals surface area contributed by atoms with Crippen LogP contribution in [0.15, 0.2) is 0 Å². The highest BCUT2D eigenvalue weighted by molar-refractivity contribution is 6.06. The minimum Gasteiger partial charge on any atom is -0.324 e. The van der Waals surface area contributed by atoms with E-state index < -0.39 is 5.54 Å². The fourth-order valence-corrected chi connectivity index (χ4v) is 1.80. The second-order valence-electron chi connectivity index (χ2n) is 4.54. The third kappa shape index (κ3) is 2.52. The molecule has 1 saturated heterocycles. The van der Waals surface area contributed by atoms with E-state index in [4.69, 9.17) is 0 Å². The summed E-state index contributed by atoms with van der Waals surface area (Å²) in [5, 5.41) is 2.67. The van der Waals surface area contributed by atoms with Crippen molar-refractivity contribution >= 4 is 11.9 Å². The number of imide groups is 1. The van der Waals surface area contributed by atoms with Crippen LogP contribution in [0.1, 0.15) is 27.7 Å². The quantitative estimate of drug-likeness (QED) is 0.702. The number of urea groups is 1. The van der Waals surface area contributed by atoms with Crippen LogP contribution >= 0.6 is 0 Å². The smallest absolute Gasteiger partial charge is 0.324 e. The zero-order chi connectivity index (χ0) is 12.3. The van der Waals surface area contributed by atoms with Crippen molar-refractivity contribution < 1.29 is 9.59 Å². The van der Waals surface area contributed by atoms with Gasteiger partial charge in [0.05, 0.1) is 0 Å². The van der Waals surface area contributed by atoms with Crippen LogP contribution in [-0.2, 0) is 4.79 Å². The summed E-state index contributed by atoms with van der Waals surface area (Å²) < 4.78 is 0.